The number of rotatable bonds is 5. The first kappa shape index (κ1) is 21.5. The van der Waals surface area contributed by atoms with Crippen LogP contribution in [0.1, 0.15) is 29.8 Å². The Kier molecular flexibility index (Phi) is 5.19. The molecule has 2 aliphatic rings. The van der Waals surface area contributed by atoms with Crippen LogP contribution in [-0.4, -0.2) is 45.2 Å². The maximum atomic E-state index is 13.2. The lowest BCUT2D eigenvalue weighted by Crippen LogP contribution is -2.68. The summed E-state index contributed by atoms with van der Waals surface area (Å²) in [4.78, 5) is 41.8. The SMILES string of the molecule is Cc1cc(CC2C(=O)N(C(=O)N[C@H](C)c3ccc4c(c3)OC(F)(F)O4)[C@@H]2C(=O)O)ccn1. The van der Waals surface area contributed by atoms with Crippen molar-refractivity contribution in [2.75, 3.05) is 0 Å². The number of hydrogen-bond donors (Lipinski definition) is 2. The number of likely N-dealkylation sites (tertiary alicyclic amines) is 1. The zero-order valence-corrected chi connectivity index (χ0v) is 17.0. The summed E-state index contributed by atoms with van der Waals surface area (Å²) in [5, 5.41) is 12.1. The maximum absolute atomic E-state index is 13.2. The van der Waals surface area contributed by atoms with Crippen LogP contribution in [-0.2, 0) is 16.0 Å². The average molecular weight is 447 g/mol. The molecule has 1 fully saturated rings. The molecule has 0 spiro atoms. The molecule has 0 aliphatic carbocycles. The van der Waals surface area contributed by atoms with Crippen LogP contribution in [0.5, 0.6) is 11.5 Å². The number of halogens is 2. The van der Waals surface area contributed by atoms with Gasteiger partial charge in [0.2, 0.25) is 5.91 Å². The monoisotopic (exact) mass is 447 g/mol. The molecule has 11 heteroatoms. The summed E-state index contributed by atoms with van der Waals surface area (Å²) >= 11 is 0. The van der Waals surface area contributed by atoms with E-state index in [9.17, 15) is 28.3 Å². The number of fused-ring (bicyclic) bond motifs is 1. The lowest BCUT2D eigenvalue weighted by Gasteiger charge is -2.43. The third-order valence-corrected chi connectivity index (χ3v) is 5.37. The quantitative estimate of drug-likeness (QED) is 0.677. The Morgan fingerprint density at radius 2 is 1.97 bits per heavy atom. The number of hydrogen-bond acceptors (Lipinski definition) is 6. The molecule has 0 bridgehead atoms. The molecule has 3 heterocycles. The van der Waals surface area contributed by atoms with E-state index in [0.717, 1.165) is 11.3 Å². The number of carboxylic acid groups (broad SMARTS) is 1. The van der Waals surface area contributed by atoms with Gasteiger partial charge in [0.1, 0.15) is 0 Å². The number of nitrogens with one attached hydrogen (secondary N) is 1. The van der Waals surface area contributed by atoms with Gasteiger partial charge in [-0.2, -0.15) is 0 Å². The molecule has 3 atom stereocenters. The first-order chi connectivity index (χ1) is 15.1. The molecule has 1 aromatic carbocycles. The first-order valence-electron chi connectivity index (χ1n) is 9.73. The van der Waals surface area contributed by atoms with Crippen molar-refractivity contribution in [3.8, 4) is 11.5 Å². The molecule has 0 saturated carbocycles. The van der Waals surface area contributed by atoms with Gasteiger partial charge in [-0.25, -0.2) is 14.5 Å². The Bertz CT molecular complexity index is 1110. The van der Waals surface area contributed by atoms with Gasteiger partial charge in [-0.05, 0) is 55.7 Å². The van der Waals surface area contributed by atoms with Gasteiger partial charge < -0.3 is 19.9 Å². The molecule has 1 aromatic heterocycles. The number of aliphatic carboxylic acids is 1. The van der Waals surface area contributed by atoms with Crippen molar-refractivity contribution in [2.45, 2.75) is 38.6 Å². The molecule has 0 radical (unpaired) electrons. The van der Waals surface area contributed by atoms with Crippen LogP contribution in [0.25, 0.3) is 0 Å². The summed E-state index contributed by atoms with van der Waals surface area (Å²) < 4.78 is 35.1. The van der Waals surface area contributed by atoms with Crippen LogP contribution in [0.3, 0.4) is 0 Å². The molecule has 168 valence electrons. The van der Waals surface area contributed by atoms with Crippen molar-refractivity contribution in [3.63, 3.8) is 0 Å². The standard InChI is InChI=1S/C21H19F2N3O6/c1-10-7-12(5-6-24-10)8-14-17(19(28)29)26(18(14)27)20(30)25-11(2)13-3-4-15-16(9-13)32-21(22,23)31-15/h3-7,9,11,14,17H,8H2,1-2H3,(H,25,30)(H,28,29)/t11-,14?,17+/m1/s1. The summed E-state index contributed by atoms with van der Waals surface area (Å²) in [6, 6.07) is 4.51. The second kappa shape index (κ2) is 7.74. The number of β-lactam (4-membered cyclic amide) rings is 1. The van der Waals surface area contributed by atoms with E-state index in [1.807, 2.05) is 0 Å². The highest BCUT2D eigenvalue weighted by molar-refractivity contribution is 6.07. The summed E-state index contributed by atoms with van der Waals surface area (Å²) in [6.45, 7) is 3.34. The highest BCUT2D eigenvalue weighted by Gasteiger charge is 2.54. The largest absolute Gasteiger partial charge is 0.586 e. The fourth-order valence-corrected chi connectivity index (χ4v) is 3.81. The zero-order chi connectivity index (χ0) is 23.2. The summed E-state index contributed by atoms with van der Waals surface area (Å²) in [7, 11) is 0. The van der Waals surface area contributed by atoms with Gasteiger partial charge >= 0.3 is 18.3 Å². The van der Waals surface area contributed by atoms with Crippen LogP contribution >= 0.6 is 0 Å². The van der Waals surface area contributed by atoms with Gasteiger partial charge in [-0.15, -0.1) is 8.78 Å². The molecule has 1 unspecified atom stereocenters. The number of amides is 3. The number of alkyl halides is 2. The number of urea groups is 1. The Balaban J connectivity index is 1.45. The summed E-state index contributed by atoms with van der Waals surface area (Å²) in [5.41, 5.74) is 1.88. The normalized spacial score (nSPS) is 21.6. The number of carbonyl (C=O) groups excluding carboxylic acids is 2. The Hall–Kier alpha value is -3.76. The van der Waals surface area contributed by atoms with Gasteiger partial charge in [-0.3, -0.25) is 9.78 Å². The highest BCUT2D eigenvalue weighted by atomic mass is 19.3. The van der Waals surface area contributed by atoms with E-state index < -0.39 is 42.2 Å². The van der Waals surface area contributed by atoms with Gasteiger partial charge in [0, 0.05) is 11.9 Å². The summed E-state index contributed by atoms with van der Waals surface area (Å²) in [5.74, 6) is -3.13. The minimum atomic E-state index is -3.77. The molecule has 32 heavy (non-hydrogen) atoms. The third kappa shape index (κ3) is 3.93. The molecule has 2 aromatic rings. The number of carboxylic acids is 1. The van der Waals surface area contributed by atoms with Crippen molar-refractivity contribution in [1.82, 2.24) is 15.2 Å². The summed E-state index contributed by atoms with van der Waals surface area (Å²) in [6.07, 6.45) is -2.04. The predicted molar refractivity (Wildman–Crippen MR) is 104 cm³/mol. The van der Waals surface area contributed by atoms with Crippen LogP contribution in [0.15, 0.2) is 36.5 Å². The average Bonchev–Trinajstić information content (AvgIpc) is 3.02. The number of pyridine rings is 1. The number of imide groups is 1. The number of carbonyl (C=O) groups is 3. The fraction of sp³-hybridized carbons (Fsp3) is 0.333. The minimum Gasteiger partial charge on any atom is -0.480 e. The third-order valence-electron chi connectivity index (χ3n) is 5.37. The second-order valence-electron chi connectivity index (χ2n) is 7.65. The van der Waals surface area contributed by atoms with E-state index >= 15 is 0 Å². The predicted octanol–water partition coefficient (Wildman–Crippen LogP) is 2.64. The zero-order valence-electron chi connectivity index (χ0n) is 17.0. The first-order valence-corrected chi connectivity index (χ1v) is 9.73. The molecule has 1 saturated heterocycles. The van der Waals surface area contributed by atoms with Crippen molar-refractivity contribution >= 4 is 17.9 Å². The van der Waals surface area contributed by atoms with E-state index in [4.69, 9.17) is 0 Å². The molecular formula is C21H19F2N3O6. The number of ether oxygens (including phenoxy) is 2. The van der Waals surface area contributed by atoms with Crippen LogP contribution in [0.2, 0.25) is 0 Å². The van der Waals surface area contributed by atoms with Crippen molar-refractivity contribution in [2.24, 2.45) is 5.92 Å². The van der Waals surface area contributed by atoms with Crippen molar-refractivity contribution in [1.29, 1.82) is 0 Å². The number of nitrogens with zero attached hydrogens (tertiary/aromatic N) is 2. The van der Waals surface area contributed by atoms with Crippen LogP contribution in [0, 0.1) is 12.8 Å². The molecule has 4 rings (SSSR count). The van der Waals surface area contributed by atoms with E-state index in [0.29, 0.717) is 10.5 Å². The van der Waals surface area contributed by atoms with E-state index in [1.165, 1.54) is 18.2 Å². The van der Waals surface area contributed by atoms with Crippen molar-refractivity contribution < 1.29 is 37.7 Å². The topological polar surface area (TPSA) is 118 Å². The number of benzene rings is 1. The van der Waals surface area contributed by atoms with Crippen molar-refractivity contribution in [3.05, 3.63) is 53.3 Å². The van der Waals surface area contributed by atoms with Gasteiger partial charge in [-0.1, -0.05) is 6.07 Å². The maximum Gasteiger partial charge on any atom is 0.586 e. The van der Waals surface area contributed by atoms with E-state index in [2.05, 4.69) is 19.8 Å². The molecule has 9 nitrogen and oxygen atoms in total. The Labute approximate surface area is 180 Å². The smallest absolute Gasteiger partial charge is 0.480 e. The van der Waals surface area contributed by atoms with E-state index in [1.54, 1.807) is 32.2 Å². The molecule has 2 aliphatic heterocycles. The molecule has 3 amide bonds. The van der Waals surface area contributed by atoms with Crippen LogP contribution in [0.4, 0.5) is 13.6 Å². The second-order valence-corrected chi connectivity index (χ2v) is 7.65. The lowest BCUT2D eigenvalue weighted by molar-refractivity contribution is -0.286. The molecule has 2 N–H and O–H groups in total. The molecular weight excluding hydrogens is 428 g/mol. The number of aromatic nitrogens is 1. The highest BCUT2D eigenvalue weighted by Crippen LogP contribution is 2.42. The minimum absolute atomic E-state index is 0.143. The Morgan fingerprint density at radius 3 is 2.66 bits per heavy atom. The Morgan fingerprint density at radius 1 is 1.25 bits per heavy atom. The van der Waals surface area contributed by atoms with Gasteiger partial charge in [0.15, 0.2) is 17.5 Å². The fourth-order valence-electron chi connectivity index (χ4n) is 3.81. The van der Waals surface area contributed by atoms with Gasteiger partial charge in [0.25, 0.3) is 0 Å². The van der Waals surface area contributed by atoms with Gasteiger partial charge in [0.05, 0.1) is 12.0 Å². The van der Waals surface area contributed by atoms with E-state index in [-0.39, 0.29) is 17.9 Å². The van der Waals surface area contributed by atoms with Crippen LogP contribution < -0.4 is 14.8 Å². The number of aryl methyl sites for hydroxylation is 1. The lowest BCUT2D eigenvalue weighted by atomic mass is 9.82.